The molecule has 4 aromatic rings. The van der Waals surface area contributed by atoms with Gasteiger partial charge in [-0.1, -0.05) is 60.7 Å². The minimum atomic E-state index is 0.0128. The van der Waals surface area contributed by atoms with E-state index in [1.54, 1.807) is 0 Å². The number of carbonyl (C=O) groups is 1. The topological polar surface area (TPSA) is 62.5 Å². The Morgan fingerprint density at radius 2 is 1.50 bits per heavy atom. The maximum Gasteiger partial charge on any atom is 0.266 e. The molecule has 1 aliphatic rings. The molecule has 3 heterocycles. The molecule has 2 N–H and O–H groups in total. The molecule has 162 valence electrons. The SMILES string of the molecule is Cc1ccc2c(N)c(C(=O)N3CCN(C(c4ccccc4)c4ccccc4)CC3)sc2n1. The number of benzene rings is 2. The summed E-state index contributed by atoms with van der Waals surface area (Å²) >= 11 is 1.40. The molecule has 0 unspecified atom stereocenters. The van der Waals surface area contributed by atoms with Gasteiger partial charge in [-0.25, -0.2) is 4.98 Å². The van der Waals surface area contributed by atoms with Gasteiger partial charge in [0.2, 0.25) is 0 Å². The lowest BCUT2D eigenvalue weighted by atomic mass is 9.96. The molecule has 0 aliphatic carbocycles. The lowest BCUT2D eigenvalue weighted by molar-refractivity contribution is 0.0603. The average Bonchev–Trinajstić information content (AvgIpc) is 3.16. The van der Waals surface area contributed by atoms with E-state index in [4.69, 9.17) is 5.73 Å². The van der Waals surface area contributed by atoms with E-state index >= 15 is 0 Å². The van der Waals surface area contributed by atoms with Gasteiger partial charge in [-0.15, -0.1) is 11.3 Å². The molecule has 0 radical (unpaired) electrons. The van der Waals surface area contributed by atoms with Gasteiger partial charge in [0, 0.05) is 37.3 Å². The molecule has 0 spiro atoms. The summed E-state index contributed by atoms with van der Waals surface area (Å²) in [7, 11) is 0. The molecule has 6 heteroatoms. The van der Waals surface area contributed by atoms with Gasteiger partial charge in [0.05, 0.1) is 11.7 Å². The lowest BCUT2D eigenvalue weighted by Crippen LogP contribution is -2.49. The second-order valence-corrected chi connectivity index (χ2v) is 9.20. The van der Waals surface area contributed by atoms with Crippen LogP contribution in [0.1, 0.15) is 32.5 Å². The van der Waals surface area contributed by atoms with Crippen molar-refractivity contribution >= 4 is 33.1 Å². The number of thiophene rings is 1. The summed E-state index contributed by atoms with van der Waals surface area (Å²) in [6.07, 6.45) is 0. The number of aryl methyl sites for hydroxylation is 1. The molecular weight excluding hydrogens is 416 g/mol. The Kier molecular flexibility index (Phi) is 5.64. The van der Waals surface area contributed by atoms with E-state index in [9.17, 15) is 4.79 Å². The van der Waals surface area contributed by atoms with Crippen LogP contribution >= 0.6 is 11.3 Å². The van der Waals surface area contributed by atoms with Gasteiger partial charge in [-0.05, 0) is 30.2 Å². The van der Waals surface area contributed by atoms with Crippen LogP contribution < -0.4 is 5.73 Å². The Hall–Kier alpha value is -3.22. The van der Waals surface area contributed by atoms with Crippen LogP contribution in [0.4, 0.5) is 5.69 Å². The smallest absolute Gasteiger partial charge is 0.266 e. The van der Waals surface area contributed by atoms with Crippen molar-refractivity contribution in [2.75, 3.05) is 31.9 Å². The van der Waals surface area contributed by atoms with Crippen molar-refractivity contribution in [1.82, 2.24) is 14.8 Å². The van der Waals surface area contributed by atoms with Crippen LogP contribution in [-0.4, -0.2) is 46.9 Å². The van der Waals surface area contributed by atoms with Gasteiger partial charge < -0.3 is 10.6 Å². The van der Waals surface area contributed by atoms with E-state index in [0.29, 0.717) is 23.7 Å². The molecular formula is C26H26N4OS. The van der Waals surface area contributed by atoms with Crippen LogP contribution in [0.3, 0.4) is 0 Å². The average molecular weight is 443 g/mol. The van der Waals surface area contributed by atoms with Crippen LogP contribution in [-0.2, 0) is 0 Å². The first-order valence-corrected chi connectivity index (χ1v) is 11.7. The third-order valence-corrected chi connectivity index (χ3v) is 7.23. The van der Waals surface area contributed by atoms with Gasteiger partial charge in [0.1, 0.15) is 9.71 Å². The van der Waals surface area contributed by atoms with Crippen LogP contribution in [0.15, 0.2) is 72.8 Å². The number of rotatable bonds is 4. The lowest BCUT2D eigenvalue weighted by Gasteiger charge is -2.39. The zero-order valence-corrected chi connectivity index (χ0v) is 18.9. The molecule has 0 bridgehead atoms. The molecule has 32 heavy (non-hydrogen) atoms. The second kappa shape index (κ2) is 8.73. The van der Waals surface area contributed by atoms with Gasteiger partial charge in [0.25, 0.3) is 5.91 Å². The van der Waals surface area contributed by atoms with Crippen LogP contribution in [0.5, 0.6) is 0 Å². The van der Waals surface area contributed by atoms with Crippen LogP contribution in [0, 0.1) is 6.92 Å². The number of nitrogens with zero attached hydrogens (tertiary/aromatic N) is 3. The minimum Gasteiger partial charge on any atom is -0.397 e. The van der Waals surface area contributed by atoms with Gasteiger partial charge in [0.15, 0.2) is 0 Å². The molecule has 0 atom stereocenters. The monoisotopic (exact) mass is 442 g/mol. The predicted molar refractivity (Wildman–Crippen MR) is 131 cm³/mol. The number of hydrogen-bond acceptors (Lipinski definition) is 5. The summed E-state index contributed by atoms with van der Waals surface area (Å²) in [4.78, 5) is 23.7. The Morgan fingerprint density at radius 1 is 0.906 bits per heavy atom. The number of pyridine rings is 1. The Labute approximate surface area is 192 Å². The Bertz CT molecular complexity index is 1190. The third-order valence-electron chi connectivity index (χ3n) is 6.12. The number of anilines is 1. The normalized spacial score (nSPS) is 14.9. The van der Waals surface area contributed by atoms with E-state index in [0.717, 1.165) is 29.0 Å². The standard InChI is InChI=1S/C26H26N4OS/c1-18-12-13-21-22(27)24(32-25(21)28-18)26(31)30-16-14-29(15-17-30)23(19-8-4-2-5-9-19)20-10-6-3-7-11-20/h2-13,23H,14-17,27H2,1H3. The molecule has 1 fully saturated rings. The fourth-order valence-corrected chi connectivity index (χ4v) is 5.57. The van der Waals surface area contributed by atoms with Crippen molar-refractivity contribution in [2.45, 2.75) is 13.0 Å². The highest BCUT2D eigenvalue weighted by Crippen LogP contribution is 2.34. The minimum absolute atomic E-state index is 0.0128. The van der Waals surface area contributed by atoms with Crippen molar-refractivity contribution < 1.29 is 4.79 Å². The van der Waals surface area contributed by atoms with Crippen molar-refractivity contribution in [3.63, 3.8) is 0 Å². The highest BCUT2D eigenvalue weighted by atomic mass is 32.1. The predicted octanol–water partition coefficient (Wildman–Crippen LogP) is 4.73. The van der Waals surface area contributed by atoms with E-state index < -0.39 is 0 Å². The van der Waals surface area contributed by atoms with Gasteiger partial charge in [-0.2, -0.15) is 0 Å². The number of carbonyl (C=O) groups excluding carboxylic acids is 1. The fourth-order valence-electron chi connectivity index (χ4n) is 4.46. The summed E-state index contributed by atoms with van der Waals surface area (Å²) in [5.74, 6) is 0.0128. The highest BCUT2D eigenvalue weighted by molar-refractivity contribution is 7.21. The van der Waals surface area contributed by atoms with E-state index in [1.165, 1.54) is 22.5 Å². The Morgan fingerprint density at radius 3 is 2.09 bits per heavy atom. The van der Waals surface area contributed by atoms with Gasteiger partial charge in [-0.3, -0.25) is 9.69 Å². The Balaban J connectivity index is 1.36. The molecule has 0 saturated carbocycles. The first-order valence-electron chi connectivity index (χ1n) is 10.9. The summed E-state index contributed by atoms with van der Waals surface area (Å²) in [6.45, 7) is 4.92. The van der Waals surface area contributed by atoms with Crippen molar-refractivity contribution in [3.8, 4) is 0 Å². The highest BCUT2D eigenvalue weighted by Gasteiger charge is 2.30. The maximum atomic E-state index is 13.3. The van der Waals surface area contributed by atoms with Crippen LogP contribution in [0.25, 0.3) is 10.2 Å². The van der Waals surface area contributed by atoms with E-state index in [-0.39, 0.29) is 11.9 Å². The maximum absolute atomic E-state index is 13.3. The fraction of sp³-hybridized carbons (Fsp3) is 0.231. The summed E-state index contributed by atoms with van der Waals surface area (Å²) in [5, 5.41) is 0.871. The number of hydrogen-bond donors (Lipinski definition) is 1. The molecule has 2 aromatic heterocycles. The summed E-state index contributed by atoms with van der Waals surface area (Å²) in [6, 6.07) is 25.3. The molecule has 2 aromatic carbocycles. The molecule has 1 saturated heterocycles. The summed E-state index contributed by atoms with van der Waals surface area (Å²) < 4.78 is 0. The van der Waals surface area contributed by atoms with Crippen LogP contribution in [0.2, 0.25) is 0 Å². The van der Waals surface area contributed by atoms with Crippen molar-refractivity contribution in [2.24, 2.45) is 0 Å². The number of nitrogen functional groups attached to an aromatic ring is 1. The number of aromatic nitrogens is 1. The first kappa shape index (κ1) is 20.7. The first-order chi connectivity index (χ1) is 15.6. The van der Waals surface area contributed by atoms with Crippen molar-refractivity contribution in [1.29, 1.82) is 0 Å². The van der Waals surface area contributed by atoms with Crippen molar-refractivity contribution in [3.05, 3.63) is 94.5 Å². The molecule has 1 aliphatic heterocycles. The largest absolute Gasteiger partial charge is 0.397 e. The number of nitrogens with two attached hydrogens (primary N) is 1. The summed E-state index contributed by atoms with van der Waals surface area (Å²) in [5.41, 5.74) is 10.4. The third kappa shape index (κ3) is 3.87. The van der Waals surface area contributed by atoms with E-state index in [2.05, 4.69) is 58.4 Å². The molecule has 1 amide bonds. The van der Waals surface area contributed by atoms with Gasteiger partial charge >= 0.3 is 0 Å². The zero-order chi connectivity index (χ0) is 22.1. The number of amides is 1. The zero-order valence-electron chi connectivity index (χ0n) is 18.1. The number of fused-ring (bicyclic) bond motifs is 1. The van der Waals surface area contributed by atoms with E-state index in [1.807, 2.05) is 36.1 Å². The second-order valence-electron chi connectivity index (χ2n) is 8.20. The quantitative estimate of drug-likeness (QED) is 0.496. The number of piperazine rings is 1. The molecule has 5 nitrogen and oxygen atoms in total. The molecule has 5 rings (SSSR count).